The van der Waals surface area contributed by atoms with Crippen LogP contribution in [0.1, 0.15) is 18.1 Å². The van der Waals surface area contributed by atoms with Crippen LogP contribution in [0.3, 0.4) is 0 Å². The van der Waals surface area contributed by atoms with Crippen molar-refractivity contribution >= 4 is 24.0 Å². The van der Waals surface area contributed by atoms with Gasteiger partial charge < -0.3 is 10.6 Å². The van der Waals surface area contributed by atoms with Crippen LogP contribution in [0.15, 0.2) is 18.2 Å². The van der Waals surface area contributed by atoms with Gasteiger partial charge in [-0.2, -0.15) is 0 Å². The van der Waals surface area contributed by atoms with E-state index in [0.717, 1.165) is 36.4 Å². The van der Waals surface area contributed by atoms with E-state index < -0.39 is 0 Å². The maximum Gasteiger partial charge on any atom is 0.238 e. The molecule has 0 bridgehead atoms. The Labute approximate surface area is 127 Å². The van der Waals surface area contributed by atoms with Crippen LogP contribution in [-0.2, 0) is 4.79 Å². The zero-order chi connectivity index (χ0) is 13.8. The van der Waals surface area contributed by atoms with Crippen LogP contribution in [0, 0.1) is 13.8 Å². The standard InChI is InChI=1S/C15H23N3O.ClH/c1-11-4-5-12(2)14(8-11)17-15(19)10-18-7-6-16-9-13(18)3;/h4-5,8,13,16H,6-7,9-10H2,1-3H3,(H,17,19);1H. The number of hydrogen-bond donors (Lipinski definition) is 2. The SMILES string of the molecule is Cc1ccc(C)c(NC(=O)CN2CCNCC2C)c1.Cl. The lowest BCUT2D eigenvalue weighted by molar-refractivity contribution is -0.118. The second-order valence-corrected chi connectivity index (χ2v) is 5.39. The quantitative estimate of drug-likeness (QED) is 0.896. The monoisotopic (exact) mass is 297 g/mol. The van der Waals surface area contributed by atoms with Crippen molar-refractivity contribution in [1.29, 1.82) is 0 Å². The molecule has 0 radical (unpaired) electrons. The van der Waals surface area contributed by atoms with Crippen LogP contribution in [0.4, 0.5) is 5.69 Å². The second kappa shape index (κ2) is 7.62. The van der Waals surface area contributed by atoms with Gasteiger partial charge in [-0.1, -0.05) is 12.1 Å². The fourth-order valence-electron chi connectivity index (χ4n) is 2.36. The predicted molar refractivity (Wildman–Crippen MR) is 85.7 cm³/mol. The molecule has 2 N–H and O–H groups in total. The molecule has 1 aliphatic rings. The maximum absolute atomic E-state index is 12.1. The predicted octanol–water partition coefficient (Wildman–Crippen LogP) is 1.96. The van der Waals surface area contributed by atoms with Crippen LogP contribution >= 0.6 is 12.4 Å². The molecule has 1 fully saturated rings. The molecule has 1 aliphatic heterocycles. The molecule has 1 atom stereocenters. The van der Waals surface area contributed by atoms with Gasteiger partial charge in [0.1, 0.15) is 0 Å². The van der Waals surface area contributed by atoms with Crippen molar-refractivity contribution < 1.29 is 4.79 Å². The molecule has 1 amide bonds. The summed E-state index contributed by atoms with van der Waals surface area (Å²) in [6, 6.07) is 6.54. The second-order valence-electron chi connectivity index (χ2n) is 5.39. The van der Waals surface area contributed by atoms with E-state index >= 15 is 0 Å². The highest BCUT2D eigenvalue weighted by molar-refractivity contribution is 5.93. The third kappa shape index (κ3) is 4.47. The Bertz CT molecular complexity index is 464. The molecule has 4 nitrogen and oxygen atoms in total. The third-order valence-corrected chi connectivity index (χ3v) is 3.65. The largest absolute Gasteiger partial charge is 0.325 e. The Kier molecular flexibility index (Phi) is 6.46. The number of amides is 1. The summed E-state index contributed by atoms with van der Waals surface area (Å²) in [6.45, 7) is 9.52. The summed E-state index contributed by atoms with van der Waals surface area (Å²) in [5.41, 5.74) is 3.19. The van der Waals surface area contributed by atoms with Crippen LogP contribution in [0.25, 0.3) is 0 Å². The molecule has 1 heterocycles. The van der Waals surface area contributed by atoms with Gasteiger partial charge >= 0.3 is 0 Å². The lowest BCUT2D eigenvalue weighted by Crippen LogP contribution is -2.52. The minimum absolute atomic E-state index is 0. The summed E-state index contributed by atoms with van der Waals surface area (Å²) in [4.78, 5) is 14.3. The van der Waals surface area contributed by atoms with Gasteiger partial charge in [-0.15, -0.1) is 12.4 Å². The van der Waals surface area contributed by atoms with Crippen molar-refractivity contribution in [3.05, 3.63) is 29.3 Å². The summed E-state index contributed by atoms with van der Waals surface area (Å²) in [7, 11) is 0. The molecule has 20 heavy (non-hydrogen) atoms. The highest BCUT2D eigenvalue weighted by Crippen LogP contribution is 2.16. The summed E-state index contributed by atoms with van der Waals surface area (Å²) in [5, 5.41) is 6.35. The summed E-state index contributed by atoms with van der Waals surface area (Å²) < 4.78 is 0. The first kappa shape index (κ1) is 17.0. The first-order valence-electron chi connectivity index (χ1n) is 6.88. The number of carbonyl (C=O) groups is 1. The van der Waals surface area contributed by atoms with Crippen molar-refractivity contribution in [2.45, 2.75) is 26.8 Å². The molecule has 0 aromatic heterocycles. The lowest BCUT2D eigenvalue weighted by atomic mass is 10.1. The lowest BCUT2D eigenvalue weighted by Gasteiger charge is -2.33. The third-order valence-electron chi connectivity index (χ3n) is 3.65. The van der Waals surface area contributed by atoms with Crippen LogP contribution < -0.4 is 10.6 Å². The minimum atomic E-state index is 0. The molecule has 5 heteroatoms. The van der Waals surface area contributed by atoms with E-state index in [2.05, 4.69) is 28.5 Å². The number of nitrogens with zero attached hydrogens (tertiary/aromatic N) is 1. The number of rotatable bonds is 3. The molecule has 1 aromatic rings. The van der Waals surface area contributed by atoms with Gasteiger partial charge in [0, 0.05) is 31.4 Å². The minimum Gasteiger partial charge on any atom is -0.325 e. The molecule has 112 valence electrons. The van der Waals surface area contributed by atoms with E-state index in [0.29, 0.717) is 12.6 Å². The van der Waals surface area contributed by atoms with Gasteiger partial charge in [0.2, 0.25) is 5.91 Å². The maximum atomic E-state index is 12.1. The molecule has 1 aromatic carbocycles. The highest BCUT2D eigenvalue weighted by atomic mass is 35.5. The first-order valence-corrected chi connectivity index (χ1v) is 6.88. The van der Waals surface area contributed by atoms with Crippen molar-refractivity contribution in [3.8, 4) is 0 Å². The topological polar surface area (TPSA) is 44.4 Å². The number of piperazine rings is 1. The molecule has 0 saturated carbocycles. The van der Waals surface area contributed by atoms with Crippen LogP contribution in [0.5, 0.6) is 0 Å². The average Bonchev–Trinajstić information content (AvgIpc) is 2.37. The number of aryl methyl sites for hydroxylation is 2. The Morgan fingerprint density at radius 1 is 1.45 bits per heavy atom. The number of hydrogen-bond acceptors (Lipinski definition) is 3. The zero-order valence-corrected chi connectivity index (χ0v) is 13.2. The molecule has 1 saturated heterocycles. The Morgan fingerprint density at radius 2 is 2.20 bits per heavy atom. The van der Waals surface area contributed by atoms with Gasteiger partial charge in [0.25, 0.3) is 0 Å². The van der Waals surface area contributed by atoms with Crippen molar-refractivity contribution in [1.82, 2.24) is 10.2 Å². The van der Waals surface area contributed by atoms with Gasteiger partial charge in [-0.05, 0) is 38.0 Å². The van der Waals surface area contributed by atoms with E-state index in [1.807, 2.05) is 26.0 Å². The van der Waals surface area contributed by atoms with E-state index in [9.17, 15) is 4.79 Å². The Hall–Kier alpha value is -1.10. The number of nitrogens with one attached hydrogen (secondary N) is 2. The van der Waals surface area contributed by atoms with E-state index in [1.54, 1.807) is 0 Å². The molecular weight excluding hydrogens is 274 g/mol. The number of anilines is 1. The van der Waals surface area contributed by atoms with Gasteiger partial charge in [-0.3, -0.25) is 9.69 Å². The van der Waals surface area contributed by atoms with Crippen LogP contribution in [-0.4, -0.2) is 43.0 Å². The highest BCUT2D eigenvalue weighted by Gasteiger charge is 2.20. The zero-order valence-electron chi connectivity index (χ0n) is 12.4. The fraction of sp³-hybridized carbons (Fsp3) is 0.533. The number of benzene rings is 1. The fourth-order valence-corrected chi connectivity index (χ4v) is 2.36. The molecule has 1 unspecified atom stereocenters. The number of halogens is 1. The summed E-state index contributed by atoms with van der Waals surface area (Å²) in [5.74, 6) is 0.0717. The van der Waals surface area contributed by atoms with Crippen molar-refractivity contribution in [2.24, 2.45) is 0 Å². The van der Waals surface area contributed by atoms with Crippen molar-refractivity contribution in [2.75, 3.05) is 31.5 Å². The molecule has 0 aliphatic carbocycles. The van der Waals surface area contributed by atoms with Gasteiger partial charge in [-0.25, -0.2) is 0 Å². The summed E-state index contributed by atoms with van der Waals surface area (Å²) >= 11 is 0. The Balaban J connectivity index is 0.00000200. The molecule has 2 rings (SSSR count). The Morgan fingerprint density at radius 3 is 2.90 bits per heavy atom. The van der Waals surface area contributed by atoms with Crippen LogP contribution in [0.2, 0.25) is 0 Å². The smallest absolute Gasteiger partial charge is 0.238 e. The van der Waals surface area contributed by atoms with Gasteiger partial charge in [0.05, 0.1) is 6.54 Å². The summed E-state index contributed by atoms with van der Waals surface area (Å²) in [6.07, 6.45) is 0. The first-order chi connectivity index (χ1) is 9.06. The molecule has 0 spiro atoms. The normalized spacial score (nSPS) is 19.2. The van der Waals surface area contributed by atoms with Gasteiger partial charge in [0.15, 0.2) is 0 Å². The van der Waals surface area contributed by atoms with Crippen molar-refractivity contribution in [3.63, 3.8) is 0 Å². The average molecular weight is 298 g/mol. The number of carbonyl (C=O) groups excluding carboxylic acids is 1. The van der Waals surface area contributed by atoms with E-state index in [4.69, 9.17) is 0 Å². The van der Waals surface area contributed by atoms with E-state index in [-0.39, 0.29) is 18.3 Å². The van der Waals surface area contributed by atoms with E-state index in [1.165, 1.54) is 0 Å². The molecular formula is C15H24ClN3O.